The summed E-state index contributed by atoms with van der Waals surface area (Å²) in [6.45, 7) is 7.97. The fourth-order valence-electron chi connectivity index (χ4n) is 4.28. The lowest BCUT2D eigenvalue weighted by atomic mass is 9.78. The molecule has 1 atom stereocenters. The number of fused-ring (bicyclic) bond motifs is 4. The van der Waals surface area contributed by atoms with E-state index < -0.39 is 0 Å². The van der Waals surface area contributed by atoms with Gasteiger partial charge < -0.3 is 9.80 Å². The van der Waals surface area contributed by atoms with Gasteiger partial charge in [0.2, 0.25) is 0 Å². The zero-order chi connectivity index (χ0) is 16.1. The average Bonchev–Trinajstić information content (AvgIpc) is 2.88. The monoisotopic (exact) mass is 304 g/mol. The summed E-state index contributed by atoms with van der Waals surface area (Å²) < 4.78 is 0. The maximum absolute atomic E-state index is 2.60. The SMILES string of the molecule is CCCN1c2ccccc2C2=C(C)C3=CN(C)C=CC3=C(C)C21. The highest BCUT2D eigenvalue weighted by atomic mass is 15.2. The van der Waals surface area contributed by atoms with Crippen molar-refractivity contribution in [3.05, 3.63) is 70.6 Å². The number of rotatable bonds is 2. The first kappa shape index (κ1) is 14.4. The largest absolute Gasteiger partial charge is 0.360 e. The smallest absolute Gasteiger partial charge is 0.0771 e. The van der Waals surface area contributed by atoms with Crippen LogP contribution in [0.4, 0.5) is 5.69 Å². The predicted octanol–water partition coefficient (Wildman–Crippen LogP) is 4.73. The Balaban J connectivity index is 1.97. The van der Waals surface area contributed by atoms with E-state index in [0.29, 0.717) is 6.04 Å². The van der Waals surface area contributed by atoms with Crippen molar-refractivity contribution in [2.24, 2.45) is 0 Å². The minimum Gasteiger partial charge on any atom is -0.360 e. The predicted molar refractivity (Wildman–Crippen MR) is 98.1 cm³/mol. The molecule has 2 heteroatoms. The Bertz CT molecular complexity index is 792. The van der Waals surface area contributed by atoms with Gasteiger partial charge in [-0.1, -0.05) is 25.1 Å². The summed E-state index contributed by atoms with van der Waals surface area (Å²) in [5, 5.41) is 0. The Kier molecular flexibility index (Phi) is 3.22. The molecule has 1 aromatic carbocycles. The second kappa shape index (κ2) is 5.16. The molecule has 0 N–H and O–H groups in total. The van der Waals surface area contributed by atoms with Gasteiger partial charge in [-0.15, -0.1) is 0 Å². The molecule has 4 rings (SSSR count). The number of para-hydroxylation sites is 1. The number of hydrogen-bond acceptors (Lipinski definition) is 2. The molecule has 0 saturated heterocycles. The van der Waals surface area contributed by atoms with Crippen LogP contribution in [-0.2, 0) is 0 Å². The fourth-order valence-corrected chi connectivity index (χ4v) is 4.28. The quantitative estimate of drug-likeness (QED) is 0.779. The molecule has 3 aliphatic rings. The van der Waals surface area contributed by atoms with Gasteiger partial charge in [0.05, 0.1) is 6.04 Å². The highest BCUT2D eigenvalue weighted by molar-refractivity contribution is 5.95. The van der Waals surface area contributed by atoms with Crippen molar-refractivity contribution in [1.29, 1.82) is 0 Å². The van der Waals surface area contributed by atoms with E-state index in [1.165, 1.54) is 45.5 Å². The Morgan fingerprint density at radius 1 is 1.13 bits per heavy atom. The molecule has 1 unspecified atom stereocenters. The van der Waals surface area contributed by atoms with Gasteiger partial charge in [-0.3, -0.25) is 0 Å². The average molecular weight is 304 g/mol. The highest BCUT2D eigenvalue weighted by Gasteiger charge is 2.40. The molecular weight excluding hydrogens is 280 g/mol. The molecule has 0 spiro atoms. The number of anilines is 1. The fraction of sp³-hybridized carbons (Fsp3) is 0.333. The Hall–Kier alpha value is -2.22. The van der Waals surface area contributed by atoms with Crippen LogP contribution in [0.3, 0.4) is 0 Å². The summed E-state index contributed by atoms with van der Waals surface area (Å²) in [4.78, 5) is 4.75. The summed E-state index contributed by atoms with van der Waals surface area (Å²) in [5.41, 5.74) is 10.0. The minimum atomic E-state index is 0.396. The van der Waals surface area contributed by atoms with E-state index in [0.717, 1.165) is 6.54 Å². The number of hydrogen-bond donors (Lipinski definition) is 0. The van der Waals surface area contributed by atoms with Gasteiger partial charge in [0.25, 0.3) is 0 Å². The third-order valence-corrected chi connectivity index (χ3v) is 5.30. The van der Waals surface area contributed by atoms with Gasteiger partial charge in [0.15, 0.2) is 0 Å². The van der Waals surface area contributed by atoms with Crippen molar-refractivity contribution in [3.8, 4) is 0 Å². The molecule has 2 aliphatic heterocycles. The summed E-state index contributed by atoms with van der Waals surface area (Å²) in [6.07, 6.45) is 7.87. The molecule has 2 heterocycles. The van der Waals surface area contributed by atoms with Gasteiger partial charge in [-0.05, 0) is 54.7 Å². The van der Waals surface area contributed by atoms with E-state index in [1.807, 2.05) is 0 Å². The topological polar surface area (TPSA) is 6.48 Å². The van der Waals surface area contributed by atoms with Crippen molar-refractivity contribution >= 4 is 11.3 Å². The van der Waals surface area contributed by atoms with Crippen LogP contribution in [0.25, 0.3) is 5.57 Å². The Morgan fingerprint density at radius 3 is 2.70 bits per heavy atom. The van der Waals surface area contributed by atoms with Crippen molar-refractivity contribution < 1.29 is 0 Å². The van der Waals surface area contributed by atoms with E-state index in [-0.39, 0.29) is 0 Å². The first-order valence-electron chi connectivity index (χ1n) is 8.53. The maximum Gasteiger partial charge on any atom is 0.0771 e. The molecule has 1 aliphatic carbocycles. The summed E-state index contributed by atoms with van der Waals surface area (Å²) in [7, 11) is 2.10. The Labute approximate surface area is 139 Å². The lowest BCUT2D eigenvalue weighted by molar-refractivity contribution is 0.612. The number of allylic oxidation sites excluding steroid dienone is 4. The van der Waals surface area contributed by atoms with Crippen LogP contribution in [0.1, 0.15) is 32.8 Å². The zero-order valence-electron chi connectivity index (χ0n) is 14.4. The molecule has 118 valence electrons. The van der Waals surface area contributed by atoms with Gasteiger partial charge in [0, 0.05) is 42.8 Å². The van der Waals surface area contributed by atoms with Crippen LogP contribution in [0.15, 0.2) is 65.0 Å². The first-order chi connectivity index (χ1) is 11.1. The molecule has 0 saturated carbocycles. The van der Waals surface area contributed by atoms with E-state index in [9.17, 15) is 0 Å². The summed E-state index contributed by atoms with van der Waals surface area (Å²) in [6, 6.07) is 9.30. The van der Waals surface area contributed by atoms with E-state index in [1.54, 1.807) is 0 Å². The van der Waals surface area contributed by atoms with Gasteiger partial charge in [-0.25, -0.2) is 0 Å². The molecular formula is C21H24N2. The van der Waals surface area contributed by atoms with Crippen LogP contribution in [0.2, 0.25) is 0 Å². The molecule has 23 heavy (non-hydrogen) atoms. The molecule has 0 aromatic heterocycles. The van der Waals surface area contributed by atoms with E-state index in [2.05, 4.69) is 80.4 Å². The highest BCUT2D eigenvalue weighted by Crippen LogP contribution is 2.50. The second-order valence-corrected chi connectivity index (χ2v) is 6.77. The standard InChI is InChI=1S/C21H24N2/c1-5-11-23-19-9-7-6-8-17(19)20-14(2)18-13-22(4)12-10-16(18)15(3)21(20)23/h6-10,12-13,21H,5,11H2,1-4H3. The van der Waals surface area contributed by atoms with Crippen LogP contribution < -0.4 is 4.90 Å². The van der Waals surface area contributed by atoms with Crippen LogP contribution in [0, 0.1) is 0 Å². The second-order valence-electron chi connectivity index (χ2n) is 6.77. The van der Waals surface area contributed by atoms with Gasteiger partial charge in [0.1, 0.15) is 0 Å². The maximum atomic E-state index is 2.60. The van der Waals surface area contributed by atoms with Crippen LogP contribution in [-0.4, -0.2) is 24.5 Å². The third-order valence-electron chi connectivity index (χ3n) is 5.30. The summed E-state index contributed by atoms with van der Waals surface area (Å²) >= 11 is 0. The normalized spacial score (nSPS) is 22.3. The Morgan fingerprint density at radius 2 is 1.91 bits per heavy atom. The van der Waals surface area contributed by atoms with E-state index in [4.69, 9.17) is 0 Å². The van der Waals surface area contributed by atoms with Crippen molar-refractivity contribution in [2.75, 3.05) is 18.5 Å². The van der Waals surface area contributed by atoms with Gasteiger partial charge >= 0.3 is 0 Å². The van der Waals surface area contributed by atoms with E-state index >= 15 is 0 Å². The lowest BCUT2D eigenvalue weighted by Gasteiger charge is -2.35. The molecule has 1 aromatic rings. The molecule has 0 radical (unpaired) electrons. The summed E-state index contributed by atoms with van der Waals surface area (Å²) in [5.74, 6) is 0. The zero-order valence-corrected chi connectivity index (χ0v) is 14.4. The molecule has 0 bridgehead atoms. The molecule has 0 amide bonds. The molecule has 2 nitrogen and oxygen atoms in total. The van der Waals surface area contributed by atoms with Crippen molar-refractivity contribution in [3.63, 3.8) is 0 Å². The van der Waals surface area contributed by atoms with Crippen molar-refractivity contribution in [1.82, 2.24) is 4.90 Å². The number of nitrogens with zero attached hydrogens (tertiary/aromatic N) is 2. The van der Waals surface area contributed by atoms with Crippen molar-refractivity contribution in [2.45, 2.75) is 33.2 Å². The van der Waals surface area contributed by atoms with Crippen LogP contribution >= 0.6 is 0 Å². The minimum absolute atomic E-state index is 0.396. The third kappa shape index (κ3) is 1.94. The number of benzene rings is 1. The lowest BCUT2D eigenvalue weighted by Crippen LogP contribution is -2.36. The van der Waals surface area contributed by atoms with Gasteiger partial charge in [-0.2, -0.15) is 0 Å². The molecule has 0 fully saturated rings. The van der Waals surface area contributed by atoms with Crippen LogP contribution in [0.5, 0.6) is 0 Å². The first-order valence-corrected chi connectivity index (χ1v) is 8.53.